The van der Waals surface area contributed by atoms with Crippen LogP contribution in [0.3, 0.4) is 0 Å². The summed E-state index contributed by atoms with van der Waals surface area (Å²) >= 11 is 0. The molecule has 0 spiro atoms. The lowest BCUT2D eigenvalue weighted by Gasteiger charge is -2.21. The molecular formula is C18H22N2O. The van der Waals surface area contributed by atoms with Crippen LogP contribution in [0.2, 0.25) is 0 Å². The number of hydrogen-bond donors (Lipinski definition) is 1. The van der Waals surface area contributed by atoms with Crippen LogP contribution in [0, 0.1) is 12.8 Å². The number of benzene rings is 1. The molecule has 1 unspecified atom stereocenters. The fraction of sp³-hybridized carbons (Fsp3) is 0.333. The summed E-state index contributed by atoms with van der Waals surface area (Å²) in [6.07, 6.45) is 3.51. The first-order chi connectivity index (χ1) is 10.1. The molecule has 2 aromatic rings. The van der Waals surface area contributed by atoms with Crippen LogP contribution in [-0.2, 0) is 11.3 Å². The Morgan fingerprint density at radius 2 is 1.90 bits per heavy atom. The van der Waals surface area contributed by atoms with Crippen LogP contribution >= 0.6 is 0 Å². The van der Waals surface area contributed by atoms with Gasteiger partial charge >= 0.3 is 0 Å². The van der Waals surface area contributed by atoms with Crippen LogP contribution in [0.5, 0.6) is 0 Å². The molecule has 3 heteroatoms. The van der Waals surface area contributed by atoms with Gasteiger partial charge in [-0.15, -0.1) is 0 Å². The van der Waals surface area contributed by atoms with Gasteiger partial charge in [-0.25, -0.2) is 0 Å². The summed E-state index contributed by atoms with van der Waals surface area (Å²) in [5.74, 6) is 0.196. The maximum absolute atomic E-state index is 12.5. The molecule has 0 fully saturated rings. The van der Waals surface area contributed by atoms with E-state index in [-0.39, 0.29) is 17.7 Å². The van der Waals surface area contributed by atoms with Gasteiger partial charge in [-0.05, 0) is 30.0 Å². The van der Waals surface area contributed by atoms with Crippen molar-refractivity contribution in [1.82, 2.24) is 10.3 Å². The summed E-state index contributed by atoms with van der Waals surface area (Å²) in [6, 6.07) is 12.0. The molecule has 1 heterocycles. The number of hydrogen-bond acceptors (Lipinski definition) is 2. The van der Waals surface area contributed by atoms with Crippen LogP contribution < -0.4 is 5.32 Å². The quantitative estimate of drug-likeness (QED) is 0.912. The standard InChI is InChI=1S/C18H22N2O/c1-13(2)17(16-8-6-14(3)7-9-16)18(21)20-12-15-5-4-10-19-11-15/h4-11,13,17H,12H2,1-3H3,(H,20,21). The fourth-order valence-electron chi connectivity index (χ4n) is 2.41. The minimum absolute atomic E-state index is 0.0673. The van der Waals surface area contributed by atoms with E-state index >= 15 is 0 Å². The molecule has 0 aliphatic heterocycles. The molecule has 0 saturated heterocycles. The van der Waals surface area contributed by atoms with Gasteiger partial charge in [0.25, 0.3) is 0 Å². The first kappa shape index (κ1) is 15.2. The summed E-state index contributed by atoms with van der Waals surface area (Å²) in [7, 11) is 0. The molecule has 0 aliphatic carbocycles. The minimum atomic E-state index is -0.123. The molecule has 0 aliphatic rings. The van der Waals surface area contributed by atoms with Gasteiger partial charge in [0, 0.05) is 18.9 Å². The first-order valence-corrected chi connectivity index (χ1v) is 7.31. The molecule has 0 saturated carbocycles. The third kappa shape index (κ3) is 4.15. The van der Waals surface area contributed by atoms with E-state index in [2.05, 4.69) is 43.2 Å². The molecular weight excluding hydrogens is 260 g/mol. The topological polar surface area (TPSA) is 42.0 Å². The Bertz CT molecular complexity index is 576. The predicted octanol–water partition coefficient (Wildman–Crippen LogP) is 3.45. The zero-order valence-electron chi connectivity index (χ0n) is 12.8. The third-order valence-corrected chi connectivity index (χ3v) is 3.58. The zero-order chi connectivity index (χ0) is 15.2. The van der Waals surface area contributed by atoms with Gasteiger partial charge in [0.05, 0.1) is 5.92 Å². The van der Waals surface area contributed by atoms with Crippen molar-refractivity contribution in [2.24, 2.45) is 5.92 Å². The lowest BCUT2D eigenvalue weighted by molar-refractivity contribution is -0.123. The van der Waals surface area contributed by atoms with E-state index in [1.807, 2.05) is 24.3 Å². The van der Waals surface area contributed by atoms with Crippen molar-refractivity contribution >= 4 is 5.91 Å². The average Bonchev–Trinajstić information content (AvgIpc) is 2.48. The van der Waals surface area contributed by atoms with Crippen molar-refractivity contribution in [1.29, 1.82) is 0 Å². The highest BCUT2D eigenvalue weighted by Crippen LogP contribution is 2.25. The second-order valence-electron chi connectivity index (χ2n) is 5.71. The number of aromatic nitrogens is 1. The van der Waals surface area contributed by atoms with Crippen LogP contribution in [0.4, 0.5) is 0 Å². The third-order valence-electron chi connectivity index (χ3n) is 3.58. The summed E-state index contributed by atoms with van der Waals surface area (Å²) in [5.41, 5.74) is 3.29. The minimum Gasteiger partial charge on any atom is -0.351 e. The Labute approximate surface area is 126 Å². The van der Waals surface area contributed by atoms with Crippen molar-refractivity contribution < 1.29 is 4.79 Å². The van der Waals surface area contributed by atoms with E-state index < -0.39 is 0 Å². The van der Waals surface area contributed by atoms with E-state index in [9.17, 15) is 4.79 Å². The largest absolute Gasteiger partial charge is 0.351 e. The fourth-order valence-corrected chi connectivity index (χ4v) is 2.41. The number of amides is 1. The zero-order valence-corrected chi connectivity index (χ0v) is 12.8. The Morgan fingerprint density at radius 1 is 1.19 bits per heavy atom. The van der Waals surface area contributed by atoms with Crippen molar-refractivity contribution in [3.8, 4) is 0 Å². The van der Waals surface area contributed by atoms with E-state index in [4.69, 9.17) is 0 Å². The van der Waals surface area contributed by atoms with Gasteiger partial charge < -0.3 is 5.32 Å². The Morgan fingerprint density at radius 3 is 2.48 bits per heavy atom. The number of nitrogens with one attached hydrogen (secondary N) is 1. The van der Waals surface area contributed by atoms with Crippen LogP contribution in [0.15, 0.2) is 48.8 Å². The average molecular weight is 282 g/mol. The molecule has 1 aromatic heterocycles. The van der Waals surface area contributed by atoms with E-state index in [0.717, 1.165) is 11.1 Å². The van der Waals surface area contributed by atoms with Gasteiger partial charge in [-0.2, -0.15) is 0 Å². The van der Waals surface area contributed by atoms with Gasteiger partial charge in [-0.1, -0.05) is 49.7 Å². The monoisotopic (exact) mass is 282 g/mol. The highest BCUT2D eigenvalue weighted by atomic mass is 16.1. The van der Waals surface area contributed by atoms with Crippen molar-refractivity contribution in [2.75, 3.05) is 0 Å². The van der Waals surface area contributed by atoms with E-state index in [0.29, 0.717) is 6.54 Å². The molecule has 1 atom stereocenters. The van der Waals surface area contributed by atoms with Crippen molar-refractivity contribution in [2.45, 2.75) is 33.2 Å². The summed E-state index contributed by atoms with van der Waals surface area (Å²) < 4.78 is 0. The molecule has 0 bridgehead atoms. The number of carbonyl (C=O) groups excluding carboxylic acids is 1. The summed E-state index contributed by atoms with van der Waals surface area (Å²) in [4.78, 5) is 16.6. The van der Waals surface area contributed by atoms with E-state index in [1.54, 1.807) is 12.4 Å². The molecule has 1 aromatic carbocycles. The van der Waals surface area contributed by atoms with Gasteiger partial charge in [0.1, 0.15) is 0 Å². The Hall–Kier alpha value is -2.16. The predicted molar refractivity (Wildman–Crippen MR) is 84.8 cm³/mol. The molecule has 0 radical (unpaired) electrons. The van der Waals surface area contributed by atoms with Crippen LogP contribution in [0.1, 0.15) is 36.5 Å². The van der Waals surface area contributed by atoms with Gasteiger partial charge in [-0.3, -0.25) is 9.78 Å². The Balaban J connectivity index is 2.07. The molecule has 21 heavy (non-hydrogen) atoms. The van der Waals surface area contributed by atoms with Crippen LogP contribution in [-0.4, -0.2) is 10.9 Å². The van der Waals surface area contributed by atoms with Crippen molar-refractivity contribution in [3.63, 3.8) is 0 Å². The number of carbonyl (C=O) groups is 1. The second kappa shape index (κ2) is 7.02. The first-order valence-electron chi connectivity index (χ1n) is 7.31. The number of rotatable bonds is 5. The maximum Gasteiger partial charge on any atom is 0.228 e. The molecule has 110 valence electrons. The Kier molecular flexibility index (Phi) is 5.09. The molecule has 1 amide bonds. The molecule has 1 N–H and O–H groups in total. The highest BCUT2D eigenvalue weighted by Gasteiger charge is 2.23. The highest BCUT2D eigenvalue weighted by molar-refractivity contribution is 5.83. The second-order valence-corrected chi connectivity index (χ2v) is 5.71. The SMILES string of the molecule is Cc1ccc(C(C(=O)NCc2cccnc2)C(C)C)cc1. The molecule has 3 nitrogen and oxygen atoms in total. The number of pyridine rings is 1. The maximum atomic E-state index is 12.5. The smallest absolute Gasteiger partial charge is 0.228 e. The summed E-state index contributed by atoms with van der Waals surface area (Å²) in [5, 5.41) is 3.01. The van der Waals surface area contributed by atoms with Crippen LogP contribution in [0.25, 0.3) is 0 Å². The number of aryl methyl sites for hydroxylation is 1. The summed E-state index contributed by atoms with van der Waals surface area (Å²) in [6.45, 7) is 6.72. The van der Waals surface area contributed by atoms with Gasteiger partial charge in [0.15, 0.2) is 0 Å². The lowest BCUT2D eigenvalue weighted by atomic mass is 9.87. The van der Waals surface area contributed by atoms with Gasteiger partial charge in [0.2, 0.25) is 5.91 Å². The number of nitrogens with zero attached hydrogens (tertiary/aromatic N) is 1. The lowest BCUT2D eigenvalue weighted by Crippen LogP contribution is -2.31. The van der Waals surface area contributed by atoms with Crippen molar-refractivity contribution in [3.05, 3.63) is 65.5 Å². The van der Waals surface area contributed by atoms with E-state index in [1.165, 1.54) is 5.56 Å². The molecule has 2 rings (SSSR count). The normalized spacial score (nSPS) is 12.2.